The first-order valence-electron chi connectivity index (χ1n) is 9.71. The molecule has 2 aromatic carbocycles. The Hall–Kier alpha value is -3.56. The maximum atomic E-state index is 13.4. The Labute approximate surface area is 184 Å². The summed E-state index contributed by atoms with van der Waals surface area (Å²) in [5.74, 6) is -2.66. The van der Waals surface area contributed by atoms with Gasteiger partial charge in [-0.3, -0.25) is 9.59 Å². The lowest BCUT2D eigenvalue weighted by molar-refractivity contribution is -0.188. The van der Waals surface area contributed by atoms with E-state index in [9.17, 15) is 35.9 Å². The van der Waals surface area contributed by atoms with Crippen LogP contribution in [-0.4, -0.2) is 23.2 Å². The van der Waals surface area contributed by atoms with E-state index >= 15 is 0 Å². The molecular weight excluding hydrogens is 450 g/mol. The number of aromatic nitrogens is 1. The Balaban J connectivity index is 1.76. The maximum Gasteiger partial charge on any atom is 0.471 e. The van der Waals surface area contributed by atoms with Crippen molar-refractivity contribution in [1.29, 1.82) is 0 Å². The molecule has 33 heavy (non-hydrogen) atoms. The molecule has 0 aliphatic rings. The first kappa shape index (κ1) is 24.1. The molecule has 1 heterocycles. The number of H-pyrrole nitrogens is 1. The molecule has 0 saturated heterocycles. The fourth-order valence-corrected chi connectivity index (χ4v) is 3.28. The van der Waals surface area contributed by atoms with Crippen molar-refractivity contribution in [3.8, 4) is 0 Å². The van der Waals surface area contributed by atoms with Crippen molar-refractivity contribution < 1.29 is 31.1 Å². The zero-order chi connectivity index (χ0) is 24.2. The summed E-state index contributed by atoms with van der Waals surface area (Å²) in [4.78, 5) is 25.5. The summed E-state index contributed by atoms with van der Waals surface area (Å²) in [6, 6.07) is 12.7. The fraction of sp³-hybridized carbons (Fsp3) is 0.217. The monoisotopic (exact) mass is 468 g/mol. The average molecular weight is 468 g/mol. The fourth-order valence-electron chi connectivity index (χ4n) is 3.28. The van der Waals surface area contributed by atoms with Gasteiger partial charge in [0.15, 0.2) is 6.04 Å². The van der Waals surface area contributed by atoms with E-state index in [4.69, 9.17) is 0 Å². The molecule has 0 aliphatic heterocycles. The minimum Gasteiger partial charge on any atom is -0.333 e. The number of carbonyl (C=O) groups excluding carboxylic acids is 1. The van der Waals surface area contributed by atoms with Crippen molar-refractivity contribution >= 4 is 5.91 Å². The number of benzene rings is 2. The van der Waals surface area contributed by atoms with Gasteiger partial charge in [0.25, 0.3) is 5.56 Å². The van der Waals surface area contributed by atoms with Crippen molar-refractivity contribution in [1.82, 2.24) is 10.3 Å². The lowest BCUT2D eigenvalue weighted by Crippen LogP contribution is -2.44. The van der Waals surface area contributed by atoms with Crippen LogP contribution >= 0.6 is 0 Å². The standard InChI is InChI=1S/C23H18F6N2O2/c24-22(25,26)19(31-21(33)23(27,28)29)17-4-1-3-16(13-17)11-14-6-8-15(9-7-14)12-18-5-2-10-30-20(18)32/h1-10,13,19H,11-12H2,(H,30,32)(H,31,33). The molecule has 3 rings (SSSR count). The molecule has 0 bridgehead atoms. The Bertz CT molecular complexity index is 1170. The second-order valence-electron chi connectivity index (χ2n) is 7.39. The summed E-state index contributed by atoms with van der Waals surface area (Å²) < 4.78 is 77.5. The number of amides is 1. The number of hydrogen-bond acceptors (Lipinski definition) is 2. The minimum atomic E-state index is -5.44. The molecule has 4 nitrogen and oxygen atoms in total. The van der Waals surface area contributed by atoms with Gasteiger partial charge >= 0.3 is 18.3 Å². The number of alkyl halides is 6. The van der Waals surface area contributed by atoms with Crippen LogP contribution < -0.4 is 10.9 Å². The van der Waals surface area contributed by atoms with Gasteiger partial charge in [-0.25, -0.2) is 0 Å². The summed E-state index contributed by atoms with van der Waals surface area (Å²) in [7, 11) is 0. The number of hydrogen-bond donors (Lipinski definition) is 2. The van der Waals surface area contributed by atoms with Gasteiger partial charge < -0.3 is 10.3 Å². The van der Waals surface area contributed by atoms with Crippen LogP contribution in [0.3, 0.4) is 0 Å². The second kappa shape index (κ2) is 9.51. The second-order valence-corrected chi connectivity index (χ2v) is 7.39. The molecule has 0 aliphatic carbocycles. The van der Waals surface area contributed by atoms with Crippen LogP contribution in [0.2, 0.25) is 0 Å². The normalized spacial score (nSPS) is 12.9. The highest BCUT2D eigenvalue weighted by Gasteiger charge is 2.47. The molecule has 1 atom stereocenters. The number of pyridine rings is 1. The molecule has 10 heteroatoms. The van der Waals surface area contributed by atoms with Crippen LogP contribution in [0.1, 0.15) is 33.9 Å². The first-order valence-corrected chi connectivity index (χ1v) is 9.71. The van der Waals surface area contributed by atoms with Crippen LogP contribution in [0.5, 0.6) is 0 Å². The van der Waals surface area contributed by atoms with E-state index in [1.807, 2.05) is 0 Å². The van der Waals surface area contributed by atoms with Crippen molar-refractivity contribution in [2.24, 2.45) is 0 Å². The summed E-state index contributed by atoms with van der Waals surface area (Å²) in [6.45, 7) is 0. The Morgan fingerprint density at radius 2 is 1.48 bits per heavy atom. The Morgan fingerprint density at radius 1 is 0.848 bits per heavy atom. The molecule has 1 amide bonds. The molecular formula is C23H18F6N2O2. The van der Waals surface area contributed by atoms with E-state index in [-0.39, 0.29) is 12.0 Å². The third-order valence-corrected chi connectivity index (χ3v) is 4.87. The molecule has 0 spiro atoms. The smallest absolute Gasteiger partial charge is 0.333 e. The summed E-state index contributed by atoms with van der Waals surface area (Å²) in [5, 5.41) is 1.02. The van der Waals surface area contributed by atoms with Crippen LogP contribution in [0.15, 0.2) is 71.7 Å². The van der Waals surface area contributed by atoms with E-state index in [0.717, 1.165) is 28.6 Å². The number of rotatable bonds is 6. The lowest BCUT2D eigenvalue weighted by Gasteiger charge is -2.23. The van der Waals surface area contributed by atoms with E-state index in [1.165, 1.54) is 12.3 Å². The Kier molecular flexibility index (Phi) is 6.95. The van der Waals surface area contributed by atoms with Crippen LogP contribution in [0, 0.1) is 0 Å². The number of halogens is 6. The van der Waals surface area contributed by atoms with Crippen molar-refractivity contribution in [3.05, 3.63) is 105 Å². The average Bonchev–Trinajstić information content (AvgIpc) is 2.73. The molecule has 0 fully saturated rings. The highest BCUT2D eigenvalue weighted by atomic mass is 19.4. The number of aromatic amines is 1. The van der Waals surface area contributed by atoms with Gasteiger partial charge in [0, 0.05) is 18.2 Å². The predicted octanol–water partition coefficient (Wildman–Crippen LogP) is 4.84. The third kappa shape index (κ3) is 6.47. The molecule has 0 radical (unpaired) electrons. The van der Waals surface area contributed by atoms with E-state index in [0.29, 0.717) is 17.5 Å². The van der Waals surface area contributed by atoms with Gasteiger partial charge in [0.2, 0.25) is 0 Å². The third-order valence-electron chi connectivity index (χ3n) is 4.87. The number of carbonyl (C=O) groups is 1. The molecule has 2 N–H and O–H groups in total. The molecule has 1 aromatic heterocycles. The van der Waals surface area contributed by atoms with Crippen molar-refractivity contribution in [3.63, 3.8) is 0 Å². The van der Waals surface area contributed by atoms with Gasteiger partial charge in [0.05, 0.1) is 0 Å². The lowest BCUT2D eigenvalue weighted by atomic mass is 9.97. The Morgan fingerprint density at radius 3 is 2.06 bits per heavy atom. The summed E-state index contributed by atoms with van der Waals surface area (Å²) in [5.41, 5.74) is 1.91. The van der Waals surface area contributed by atoms with E-state index in [1.54, 1.807) is 42.5 Å². The summed E-state index contributed by atoms with van der Waals surface area (Å²) in [6.07, 6.45) is -8.40. The van der Waals surface area contributed by atoms with Crippen molar-refractivity contribution in [2.75, 3.05) is 0 Å². The van der Waals surface area contributed by atoms with Crippen molar-refractivity contribution in [2.45, 2.75) is 31.2 Å². The van der Waals surface area contributed by atoms with Gasteiger partial charge in [-0.15, -0.1) is 0 Å². The SMILES string of the molecule is O=C(NC(c1cccc(Cc2ccc(Cc3ccc[nH]c3=O)cc2)c1)C(F)(F)F)C(F)(F)F. The molecule has 3 aromatic rings. The topological polar surface area (TPSA) is 62.0 Å². The quantitative estimate of drug-likeness (QED) is 0.509. The van der Waals surface area contributed by atoms with E-state index in [2.05, 4.69) is 4.98 Å². The van der Waals surface area contributed by atoms with Crippen LogP contribution in [0.25, 0.3) is 0 Å². The van der Waals surface area contributed by atoms with Gasteiger partial charge in [-0.05, 0) is 34.7 Å². The molecule has 1 unspecified atom stereocenters. The van der Waals surface area contributed by atoms with E-state index < -0.39 is 29.9 Å². The largest absolute Gasteiger partial charge is 0.471 e. The zero-order valence-corrected chi connectivity index (χ0v) is 16.9. The molecule has 0 saturated carbocycles. The van der Waals surface area contributed by atoms with Gasteiger partial charge in [-0.2, -0.15) is 26.3 Å². The highest BCUT2D eigenvalue weighted by molar-refractivity contribution is 5.82. The minimum absolute atomic E-state index is 0.199. The van der Waals surface area contributed by atoms with Crippen LogP contribution in [0.4, 0.5) is 26.3 Å². The maximum absolute atomic E-state index is 13.4. The molecule has 174 valence electrons. The van der Waals surface area contributed by atoms with Crippen LogP contribution in [-0.2, 0) is 17.6 Å². The zero-order valence-electron chi connectivity index (χ0n) is 16.9. The van der Waals surface area contributed by atoms with Gasteiger partial charge in [-0.1, -0.05) is 54.6 Å². The highest BCUT2D eigenvalue weighted by Crippen LogP contribution is 2.34. The first-order chi connectivity index (χ1) is 15.4. The summed E-state index contributed by atoms with van der Waals surface area (Å²) >= 11 is 0. The van der Waals surface area contributed by atoms with Gasteiger partial charge in [0.1, 0.15) is 0 Å². The predicted molar refractivity (Wildman–Crippen MR) is 109 cm³/mol. The number of nitrogens with one attached hydrogen (secondary N) is 2.